The van der Waals surface area contributed by atoms with E-state index in [0.717, 1.165) is 12.1 Å². The summed E-state index contributed by atoms with van der Waals surface area (Å²) in [7, 11) is 8.48. The fourth-order valence-corrected chi connectivity index (χ4v) is 1.88. The Labute approximate surface area is 126 Å². The lowest BCUT2D eigenvalue weighted by molar-refractivity contribution is -0.143. The third kappa shape index (κ3) is 5.24. The van der Waals surface area contributed by atoms with E-state index < -0.39 is 6.04 Å². The number of carbonyl (C=O) groups excluding carboxylic acids is 1. The molecule has 0 saturated carbocycles. The van der Waals surface area contributed by atoms with Gasteiger partial charge < -0.3 is 19.1 Å². The van der Waals surface area contributed by atoms with Gasteiger partial charge in [-0.25, -0.2) is 4.79 Å². The minimum Gasteiger partial charge on any atom is -0.497 e. The van der Waals surface area contributed by atoms with Gasteiger partial charge in [-0.2, -0.15) is 0 Å². The molecule has 6 nitrogen and oxygen atoms in total. The number of benzene rings is 1. The van der Waals surface area contributed by atoms with Crippen LogP contribution in [0, 0.1) is 0 Å². The number of methoxy groups -OCH3 is 3. The Bertz CT molecular complexity index is 441. The third-order valence-corrected chi connectivity index (χ3v) is 3.05. The predicted molar refractivity (Wildman–Crippen MR) is 80.9 cm³/mol. The summed E-state index contributed by atoms with van der Waals surface area (Å²) < 4.78 is 15.3. The molecule has 0 aliphatic rings. The second kappa shape index (κ2) is 8.49. The summed E-state index contributed by atoms with van der Waals surface area (Å²) in [5.74, 6) is 0.921. The summed E-state index contributed by atoms with van der Waals surface area (Å²) >= 11 is 0. The van der Waals surface area contributed by atoms with Gasteiger partial charge in [0.2, 0.25) is 0 Å². The van der Waals surface area contributed by atoms with Gasteiger partial charge in [0.15, 0.2) is 0 Å². The summed E-state index contributed by atoms with van der Waals surface area (Å²) in [6.07, 6.45) is 0. The van der Waals surface area contributed by atoms with Crippen molar-refractivity contribution in [3.8, 4) is 11.5 Å². The topological polar surface area (TPSA) is 60.0 Å². The second-order valence-corrected chi connectivity index (χ2v) is 4.86. The fraction of sp³-hybridized carbons (Fsp3) is 0.533. The van der Waals surface area contributed by atoms with E-state index in [1.807, 2.05) is 19.0 Å². The Morgan fingerprint density at radius 2 is 1.71 bits per heavy atom. The van der Waals surface area contributed by atoms with E-state index in [2.05, 4.69) is 5.32 Å². The number of nitrogens with zero attached hydrogens (tertiary/aromatic N) is 1. The van der Waals surface area contributed by atoms with Crippen molar-refractivity contribution in [3.63, 3.8) is 0 Å². The zero-order valence-electron chi connectivity index (χ0n) is 13.3. The smallest absolute Gasteiger partial charge is 0.327 e. The first-order valence-corrected chi connectivity index (χ1v) is 6.70. The number of carbonyl (C=O) groups is 1. The average molecular weight is 296 g/mol. The summed E-state index contributed by atoms with van der Waals surface area (Å²) in [5, 5.41) is 3.19. The lowest BCUT2D eigenvalue weighted by Crippen LogP contribution is -2.34. The lowest BCUT2D eigenvalue weighted by Gasteiger charge is -2.19. The molecule has 21 heavy (non-hydrogen) atoms. The molecule has 0 bridgehead atoms. The molecule has 0 amide bonds. The van der Waals surface area contributed by atoms with Crippen LogP contribution < -0.4 is 14.8 Å². The molecule has 1 aromatic rings. The van der Waals surface area contributed by atoms with E-state index in [0.29, 0.717) is 18.0 Å². The van der Waals surface area contributed by atoms with Crippen LogP contribution in [-0.4, -0.2) is 59.4 Å². The monoisotopic (exact) mass is 296 g/mol. The Balaban J connectivity index is 2.98. The standard InChI is InChI=1S/C15H24N2O4/c1-17(2)7-6-16-14(15(18)21-5)11-8-12(19-3)10-13(9-11)20-4/h8-10,14,16H,6-7H2,1-5H3. The SMILES string of the molecule is COC(=O)C(NCCN(C)C)c1cc(OC)cc(OC)c1. The molecule has 1 atom stereocenters. The Morgan fingerprint density at radius 1 is 1.14 bits per heavy atom. The first-order chi connectivity index (χ1) is 10.0. The number of esters is 1. The van der Waals surface area contributed by atoms with Gasteiger partial charge in [-0.15, -0.1) is 0 Å². The van der Waals surface area contributed by atoms with Crippen LogP contribution in [0.1, 0.15) is 11.6 Å². The number of likely N-dealkylation sites (N-methyl/N-ethyl adjacent to an activating group) is 1. The van der Waals surface area contributed by atoms with Gasteiger partial charge in [0.1, 0.15) is 17.5 Å². The third-order valence-electron chi connectivity index (χ3n) is 3.05. The van der Waals surface area contributed by atoms with Gasteiger partial charge >= 0.3 is 5.97 Å². The summed E-state index contributed by atoms with van der Waals surface area (Å²) in [4.78, 5) is 14.0. The molecule has 0 aliphatic carbocycles. The van der Waals surface area contributed by atoms with Crippen LogP contribution in [0.25, 0.3) is 0 Å². The van der Waals surface area contributed by atoms with Gasteiger partial charge in [0.25, 0.3) is 0 Å². The van der Waals surface area contributed by atoms with Crippen LogP contribution in [0.5, 0.6) is 11.5 Å². The molecule has 118 valence electrons. The van der Waals surface area contributed by atoms with Crippen LogP contribution in [0.4, 0.5) is 0 Å². The number of ether oxygens (including phenoxy) is 3. The largest absolute Gasteiger partial charge is 0.497 e. The Morgan fingerprint density at radius 3 is 2.14 bits per heavy atom. The Kier molecular flexibility index (Phi) is 6.98. The van der Waals surface area contributed by atoms with Crippen molar-refractivity contribution in [2.24, 2.45) is 0 Å². The molecule has 1 rings (SSSR count). The van der Waals surface area contributed by atoms with Gasteiger partial charge in [-0.05, 0) is 31.8 Å². The van der Waals surface area contributed by atoms with Crippen LogP contribution in [0.15, 0.2) is 18.2 Å². The quantitative estimate of drug-likeness (QED) is 0.724. The molecule has 1 unspecified atom stereocenters. The van der Waals surface area contributed by atoms with Gasteiger partial charge in [-0.3, -0.25) is 5.32 Å². The molecular formula is C15H24N2O4. The second-order valence-electron chi connectivity index (χ2n) is 4.86. The molecule has 1 N–H and O–H groups in total. The first kappa shape index (κ1) is 17.3. The van der Waals surface area contributed by atoms with Gasteiger partial charge in [0, 0.05) is 19.2 Å². The highest BCUT2D eigenvalue weighted by Gasteiger charge is 2.22. The normalized spacial score (nSPS) is 12.1. The highest BCUT2D eigenvalue weighted by atomic mass is 16.5. The molecule has 0 aromatic heterocycles. The van der Waals surface area contributed by atoms with E-state index in [1.165, 1.54) is 7.11 Å². The number of nitrogens with one attached hydrogen (secondary N) is 1. The van der Waals surface area contributed by atoms with E-state index in [-0.39, 0.29) is 5.97 Å². The summed E-state index contributed by atoms with van der Waals surface area (Å²) in [5.41, 5.74) is 0.747. The van der Waals surface area contributed by atoms with Crippen molar-refractivity contribution < 1.29 is 19.0 Å². The van der Waals surface area contributed by atoms with Crippen LogP contribution in [-0.2, 0) is 9.53 Å². The van der Waals surface area contributed by atoms with E-state index >= 15 is 0 Å². The molecular weight excluding hydrogens is 272 g/mol. The molecule has 1 aromatic carbocycles. The maximum absolute atomic E-state index is 12.0. The summed E-state index contributed by atoms with van der Waals surface area (Å²) in [6, 6.07) is 4.80. The highest BCUT2D eigenvalue weighted by Crippen LogP contribution is 2.27. The molecule has 0 spiro atoms. The molecule has 0 heterocycles. The molecule has 0 aliphatic heterocycles. The van der Waals surface area contributed by atoms with Gasteiger partial charge in [0.05, 0.1) is 21.3 Å². The average Bonchev–Trinajstić information content (AvgIpc) is 2.49. The van der Waals surface area contributed by atoms with Crippen LogP contribution >= 0.6 is 0 Å². The summed E-state index contributed by atoms with van der Waals surface area (Å²) in [6.45, 7) is 1.47. The van der Waals surface area contributed by atoms with Crippen LogP contribution in [0.3, 0.4) is 0 Å². The van der Waals surface area contributed by atoms with Crippen molar-refractivity contribution >= 4 is 5.97 Å². The molecule has 6 heteroatoms. The number of hydrogen-bond donors (Lipinski definition) is 1. The molecule has 0 fully saturated rings. The maximum atomic E-state index is 12.0. The van der Waals surface area contributed by atoms with Gasteiger partial charge in [-0.1, -0.05) is 0 Å². The minimum absolute atomic E-state index is 0.343. The molecule has 0 radical (unpaired) electrons. The van der Waals surface area contributed by atoms with Crippen molar-refractivity contribution in [3.05, 3.63) is 23.8 Å². The van der Waals surface area contributed by atoms with Crippen molar-refractivity contribution in [1.29, 1.82) is 0 Å². The number of hydrogen-bond acceptors (Lipinski definition) is 6. The van der Waals surface area contributed by atoms with Crippen molar-refractivity contribution in [2.45, 2.75) is 6.04 Å². The molecule has 0 saturated heterocycles. The fourth-order valence-electron chi connectivity index (χ4n) is 1.88. The van der Waals surface area contributed by atoms with Crippen molar-refractivity contribution in [2.75, 3.05) is 48.5 Å². The predicted octanol–water partition coefficient (Wildman–Crippen LogP) is 1.07. The zero-order chi connectivity index (χ0) is 15.8. The number of rotatable bonds is 8. The highest BCUT2D eigenvalue weighted by molar-refractivity contribution is 5.78. The maximum Gasteiger partial charge on any atom is 0.327 e. The van der Waals surface area contributed by atoms with E-state index in [1.54, 1.807) is 32.4 Å². The lowest BCUT2D eigenvalue weighted by atomic mass is 10.1. The Hall–Kier alpha value is -1.79. The minimum atomic E-state index is -0.557. The van der Waals surface area contributed by atoms with Crippen molar-refractivity contribution in [1.82, 2.24) is 10.2 Å². The zero-order valence-corrected chi connectivity index (χ0v) is 13.3. The van der Waals surface area contributed by atoms with Crippen LogP contribution in [0.2, 0.25) is 0 Å². The first-order valence-electron chi connectivity index (χ1n) is 6.70. The van der Waals surface area contributed by atoms with E-state index in [9.17, 15) is 4.79 Å². The van der Waals surface area contributed by atoms with E-state index in [4.69, 9.17) is 14.2 Å².